The molecule has 0 radical (unpaired) electrons. The van der Waals surface area contributed by atoms with E-state index in [4.69, 9.17) is 0 Å². The van der Waals surface area contributed by atoms with Crippen LogP contribution in [0.4, 0.5) is 5.69 Å². The Hall–Kier alpha value is -1.33. The zero-order valence-corrected chi connectivity index (χ0v) is 14.6. The fourth-order valence-electron chi connectivity index (χ4n) is 1.95. The average Bonchev–Trinajstić information content (AvgIpc) is 2.43. The van der Waals surface area contributed by atoms with Crippen LogP contribution in [0, 0.1) is 6.92 Å². The number of sulfonamides is 1. The summed E-state index contributed by atoms with van der Waals surface area (Å²) in [6.45, 7) is 6.07. The lowest BCUT2D eigenvalue weighted by Gasteiger charge is -2.11. The molecule has 5 heteroatoms. The van der Waals surface area contributed by atoms with Crippen molar-refractivity contribution in [2.45, 2.75) is 31.6 Å². The molecule has 0 amide bonds. The summed E-state index contributed by atoms with van der Waals surface area (Å²) in [6, 6.07) is 12.3. The van der Waals surface area contributed by atoms with Crippen molar-refractivity contribution in [1.82, 2.24) is 0 Å². The highest BCUT2D eigenvalue weighted by Crippen LogP contribution is 2.23. The maximum atomic E-state index is 12.4. The first-order valence-electron chi connectivity index (χ1n) is 6.68. The van der Waals surface area contributed by atoms with Crippen LogP contribution < -0.4 is 4.72 Å². The average molecular weight is 368 g/mol. The highest BCUT2D eigenvalue weighted by Gasteiger charge is 2.14. The Bertz CT molecular complexity index is 737. The van der Waals surface area contributed by atoms with Gasteiger partial charge >= 0.3 is 0 Å². The first-order valence-corrected chi connectivity index (χ1v) is 8.96. The fourth-order valence-corrected chi connectivity index (χ4v) is 3.25. The van der Waals surface area contributed by atoms with Crippen molar-refractivity contribution in [3.63, 3.8) is 0 Å². The van der Waals surface area contributed by atoms with Crippen molar-refractivity contribution in [3.8, 4) is 0 Å². The zero-order valence-electron chi connectivity index (χ0n) is 12.2. The van der Waals surface area contributed by atoms with Crippen LogP contribution in [-0.2, 0) is 10.0 Å². The summed E-state index contributed by atoms with van der Waals surface area (Å²) >= 11 is 3.40. The van der Waals surface area contributed by atoms with E-state index in [9.17, 15) is 8.42 Å². The van der Waals surface area contributed by atoms with Gasteiger partial charge in [-0.25, -0.2) is 8.42 Å². The summed E-state index contributed by atoms with van der Waals surface area (Å²) in [4.78, 5) is 0.271. The van der Waals surface area contributed by atoms with Crippen molar-refractivity contribution in [2.75, 3.05) is 4.72 Å². The van der Waals surface area contributed by atoms with E-state index < -0.39 is 10.0 Å². The van der Waals surface area contributed by atoms with E-state index in [0.29, 0.717) is 11.6 Å². The normalized spacial score (nSPS) is 11.7. The number of benzene rings is 2. The Balaban J connectivity index is 2.27. The van der Waals surface area contributed by atoms with Crippen molar-refractivity contribution >= 4 is 31.6 Å². The molecule has 0 aliphatic heterocycles. The van der Waals surface area contributed by atoms with E-state index in [1.165, 1.54) is 0 Å². The number of rotatable bonds is 4. The van der Waals surface area contributed by atoms with E-state index in [2.05, 4.69) is 34.5 Å². The fraction of sp³-hybridized carbons (Fsp3) is 0.250. The second-order valence-electron chi connectivity index (χ2n) is 5.29. The molecule has 0 aliphatic carbocycles. The van der Waals surface area contributed by atoms with Crippen LogP contribution in [0.1, 0.15) is 30.9 Å². The Morgan fingerprint density at radius 2 is 1.67 bits per heavy atom. The standard InChI is InChI=1S/C16H18BrNO2S/c1-11(2)13-4-7-15(8-5-13)21(19,20)18-14-6-9-16(17)12(3)10-14/h4-11,18H,1-3H3. The highest BCUT2D eigenvalue weighted by molar-refractivity contribution is 9.10. The molecule has 2 aromatic rings. The Kier molecular flexibility index (Phi) is 4.74. The molecular weight excluding hydrogens is 350 g/mol. The molecule has 112 valence electrons. The molecular formula is C16H18BrNO2S. The first-order chi connectivity index (χ1) is 9.79. The summed E-state index contributed by atoms with van der Waals surface area (Å²) in [5.41, 5.74) is 2.66. The molecule has 0 saturated carbocycles. The molecule has 0 unspecified atom stereocenters. The van der Waals surface area contributed by atoms with Gasteiger partial charge in [0, 0.05) is 10.2 Å². The van der Waals surface area contributed by atoms with Crippen LogP contribution in [0.2, 0.25) is 0 Å². The molecule has 0 spiro atoms. The maximum absolute atomic E-state index is 12.4. The molecule has 0 fully saturated rings. The van der Waals surface area contributed by atoms with E-state index in [-0.39, 0.29) is 4.90 Å². The monoisotopic (exact) mass is 367 g/mol. The van der Waals surface area contributed by atoms with Crippen molar-refractivity contribution in [2.24, 2.45) is 0 Å². The molecule has 3 nitrogen and oxygen atoms in total. The van der Waals surface area contributed by atoms with Gasteiger partial charge in [0.05, 0.1) is 4.90 Å². The molecule has 0 aromatic heterocycles. The summed E-state index contributed by atoms with van der Waals surface area (Å²) in [7, 11) is -3.55. The predicted molar refractivity (Wildman–Crippen MR) is 90.2 cm³/mol. The minimum Gasteiger partial charge on any atom is -0.280 e. The molecule has 0 saturated heterocycles. The summed E-state index contributed by atoms with van der Waals surface area (Å²) in [6.07, 6.45) is 0. The summed E-state index contributed by atoms with van der Waals surface area (Å²) in [5, 5.41) is 0. The molecule has 0 atom stereocenters. The van der Waals surface area contributed by atoms with Gasteiger partial charge in [-0.3, -0.25) is 4.72 Å². The number of aryl methyl sites for hydroxylation is 1. The van der Waals surface area contributed by atoms with Gasteiger partial charge in [0.15, 0.2) is 0 Å². The van der Waals surface area contributed by atoms with Crippen molar-refractivity contribution in [3.05, 3.63) is 58.1 Å². The number of nitrogens with one attached hydrogen (secondary N) is 1. The lowest BCUT2D eigenvalue weighted by atomic mass is 10.0. The van der Waals surface area contributed by atoms with E-state index in [0.717, 1.165) is 15.6 Å². The van der Waals surface area contributed by atoms with E-state index >= 15 is 0 Å². The zero-order chi connectivity index (χ0) is 15.6. The lowest BCUT2D eigenvalue weighted by Crippen LogP contribution is -2.13. The van der Waals surface area contributed by atoms with E-state index in [1.54, 1.807) is 24.3 Å². The van der Waals surface area contributed by atoms with Crippen LogP contribution in [0.25, 0.3) is 0 Å². The maximum Gasteiger partial charge on any atom is 0.261 e. The third kappa shape index (κ3) is 3.86. The smallest absolute Gasteiger partial charge is 0.261 e. The largest absolute Gasteiger partial charge is 0.280 e. The highest BCUT2D eigenvalue weighted by atomic mass is 79.9. The molecule has 0 heterocycles. The minimum atomic E-state index is -3.55. The number of halogens is 1. The van der Waals surface area contributed by atoms with Crippen molar-refractivity contribution < 1.29 is 8.42 Å². The quantitative estimate of drug-likeness (QED) is 0.852. The predicted octanol–water partition coefficient (Wildman–Crippen LogP) is 4.68. The second kappa shape index (κ2) is 6.20. The third-order valence-corrected chi connectivity index (χ3v) is 5.55. The van der Waals surface area contributed by atoms with Gasteiger partial charge in [-0.2, -0.15) is 0 Å². The first kappa shape index (κ1) is 16.0. The van der Waals surface area contributed by atoms with Gasteiger partial charge in [0.2, 0.25) is 0 Å². The van der Waals surface area contributed by atoms with Gasteiger partial charge in [-0.1, -0.05) is 41.9 Å². The Morgan fingerprint density at radius 1 is 1.05 bits per heavy atom. The van der Waals surface area contributed by atoms with Crippen LogP contribution in [0.3, 0.4) is 0 Å². The number of anilines is 1. The van der Waals surface area contributed by atoms with Gasteiger partial charge < -0.3 is 0 Å². The van der Waals surface area contributed by atoms with Gasteiger partial charge in [-0.15, -0.1) is 0 Å². The molecule has 21 heavy (non-hydrogen) atoms. The van der Waals surface area contributed by atoms with Gasteiger partial charge in [-0.05, 0) is 54.3 Å². The number of hydrogen-bond donors (Lipinski definition) is 1. The number of hydrogen-bond acceptors (Lipinski definition) is 2. The SMILES string of the molecule is Cc1cc(NS(=O)(=O)c2ccc(C(C)C)cc2)ccc1Br. The third-order valence-electron chi connectivity index (χ3n) is 3.27. The summed E-state index contributed by atoms with van der Waals surface area (Å²) < 4.78 is 28.3. The lowest BCUT2D eigenvalue weighted by molar-refractivity contribution is 0.601. The van der Waals surface area contributed by atoms with Gasteiger partial charge in [0.25, 0.3) is 10.0 Å². The molecule has 0 bridgehead atoms. The molecule has 0 aliphatic rings. The summed E-state index contributed by atoms with van der Waals surface area (Å²) in [5.74, 6) is 0.379. The Morgan fingerprint density at radius 3 is 2.19 bits per heavy atom. The second-order valence-corrected chi connectivity index (χ2v) is 7.83. The molecule has 1 N–H and O–H groups in total. The van der Waals surface area contributed by atoms with Crippen LogP contribution in [0.5, 0.6) is 0 Å². The van der Waals surface area contributed by atoms with Crippen LogP contribution >= 0.6 is 15.9 Å². The Labute approximate surface area is 134 Å². The molecule has 2 aromatic carbocycles. The van der Waals surface area contributed by atoms with Gasteiger partial charge in [0.1, 0.15) is 0 Å². The van der Waals surface area contributed by atoms with Crippen LogP contribution in [-0.4, -0.2) is 8.42 Å². The minimum absolute atomic E-state index is 0.271. The van der Waals surface area contributed by atoms with Crippen molar-refractivity contribution in [1.29, 1.82) is 0 Å². The molecule has 2 rings (SSSR count). The topological polar surface area (TPSA) is 46.2 Å². The van der Waals surface area contributed by atoms with Crippen LogP contribution in [0.15, 0.2) is 51.8 Å². The van der Waals surface area contributed by atoms with E-state index in [1.807, 2.05) is 25.1 Å².